The summed E-state index contributed by atoms with van der Waals surface area (Å²) >= 11 is 0. The zero-order valence-electron chi connectivity index (χ0n) is 10.2. The minimum absolute atomic E-state index is 0.0126. The van der Waals surface area contributed by atoms with Gasteiger partial charge in [0.25, 0.3) is 5.91 Å². The van der Waals surface area contributed by atoms with Crippen LogP contribution in [0.1, 0.15) is 24.2 Å². The summed E-state index contributed by atoms with van der Waals surface area (Å²) in [5.41, 5.74) is 0.886. The van der Waals surface area contributed by atoms with E-state index in [0.717, 1.165) is 31.6 Å². The van der Waals surface area contributed by atoms with Crippen molar-refractivity contribution >= 4 is 11.7 Å². The summed E-state index contributed by atoms with van der Waals surface area (Å²) < 4.78 is 0. The van der Waals surface area contributed by atoms with Crippen LogP contribution in [0.3, 0.4) is 0 Å². The Hall–Kier alpha value is -1.82. The molecular formula is C12H15N5O. The molecule has 2 aliphatic rings. The quantitative estimate of drug-likeness (QED) is 0.717. The molecule has 1 saturated heterocycles. The third kappa shape index (κ3) is 1.78. The number of aryl methyl sites for hydroxylation is 1. The summed E-state index contributed by atoms with van der Waals surface area (Å²) in [4.78, 5) is 25.1. The highest BCUT2D eigenvalue weighted by Crippen LogP contribution is 2.27. The van der Waals surface area contributed by atoms with E-state index >= 15 is 0 Å². The van der Waals surface area contributed by atoms with E-state index < -0.39 is 5.54 Å². The molecule has 6 nitrogen and oxygen atoms in total. The van der Waals surface area contributed by atoms with Gasteiger partial charge < -0.3 is 10.6 Å². The number of carbonyl (C=O) groups is 1. The molecule has 0 bridgehead atoms. The zero-order valence-corrected chi connectivity index (χ0v) is 10.2. The van der Waals surface area contributed by atoms with Gasteiger partial charge in [-0.1, -0.05) is 0 Å². The van der Waals surface area contributed by atoms with Gasteiger partial charge in [-0.2, -0.15) is 0 Å². The predicted molar refractivity (Wildman–Crippen MR) is 66.3 cm³/mol. The molecule has 2 aliphatic heterocycles. The Morgan fingerprint density at radius 2 is 2.00 bits per heavy atom. The van der Waals surface area contributed by atoms with Crippen molar-refractivity contribution in [2.24, 2.45) is 4.99 Å². The van der Waals surface area contributed by atoms with Crippen molar-refractivity contribution in [1.29, 1.82) is 0 Å². The molecular weight excluding hydrogens is 230 g/mol. The van der Waals surface area contributed by atoms with E-state index in [9.17, 15) is 4.79 Å². The van der Waals surface area contributed by atoms with Gasteiger partial charge in [-0.15, -0.1) is 0 Å². The maximum Gasteiger partial charge on any atom is 0.253 e. The molecule has 0 aliphatic carbocycles. The summed E-state index contributed by atoms with van der Waals surface area (Å²) in [5.74, 6) is 0.538. The smallest absolute Gasteiger partial charge is 0.253 e. The molecule has 1 fully saturated rings. The van der Waals surface area contributed by atoms with Gasteiger partial charge in [0, 0.05) is 6.20 Å². The van der Waals surface area contributed by atoms with Gasteiger partial charge in [0.15, 0.2) is 5.84 Å². The van der Waals surface area contributed by atoms with Crippen LogP contribution in [-0.4, -0.2) is 40.3 Å². The average molecular weight is 245 g/mol. The molecule has 94 valence electrons. The largest absolute Gasteiger partial charge is 0.317 e. The van der Waals surface area contributed by atoms with Crippen molar-refractivity contribution < 1.29 is 4.79 Å². The van der Waals surface area contributed by atoms with E-state index in [1.54, 1.807) is 12.4 Å². The van der Waals surface area contributed by atoms with E-state index in [0.29, 0.717) is 11.5 Å². The number of aromatic nitrogens is 2. The van der Waals surface area contributed by atoms with Crippen molar-refractivity contribution in [2.75, 3.05) is 13.1 Å². The fourth-order valence-corrected chi connectivity index (χ4v) is 2.33. The summed E-state index contributed by atoms with van der Waals surface area (Å²) in [6, 6.07) is 0. The number of piperidine rings is 1. The van der Waals surface area contributed by atoms with Crippen molar-refractivity contribution in [3.8, 4) is 0 Å². The lowest BCUT2D eigenvalue weighted by Gasteiger charge is -2.27. The van der Waals surface area contributed by atoms with E-state index in [1.165, 1.54) is 0 Å². The molecule has 1 aromatic heterocycles. The van der Waals surface area contributed by atoms with Crippen LogP contribution in [0.25, 0.3) is 0 Å². The topological polar surface area (TPSA) is 79.3 Å². The van der Waals surface area contributed by atoms with Gasteiger partial charge in [-0.25, -0.2) is 9.98 Å². The number of hydrogen-bond donors (Lipinski definition) is 2. The zero-order chi connectivity index (χ0) is 12.6. The molecule has 3 rings (SSSR count). The minimum atomic E-state index is -0.590. The minimum Gasteiger partial charge on any atom is -0.317 e. The van der Waals surface area contributed by atoms with Crippen LogP contribution >= 0.6 is 0 Å². The Kier molecular flexibility index (Phi) is 2.59. The molecule has 18 heavy (non-hydrogen) atoms. The number of nitrogens with one attached hydrogen (secondary N) is 2. The summed E-state index contributed by atoms with van der Waals surface area (Å²) in [6.45, 7) is 3.52. The number of carbonyl (C=O) groups excluding carboxylic acids is 1. The van der Waals surface area contributed by atoms with Crippen LogP contribution in [0.2, 0.25) is 0 Å². The van der Waals surface area contributed by atoms with E-state index in [4.69, 9.17) is 0 Å². The van der Waals surface area contributed by atoms with Crippen LogP contribution in [0.4, 0.5) is 0 Å². The van der Waals surface area contributed by atoms with Gasteiger partial charge in [-0.3, -0.25) is 9.78 Å². The SMILES string of the molecule is Cc1cnc(C2=NC3(CCNCC3)C(=O)N2)cn1. The number of nitrogens with zero attached hydrogens (tertiary/aromatic N) is 3. The molecule has 0 aromatic carbocycles. The van der Waals surface area contributed by atoms with Crippen LogP contribution in [0.15, 0.2) is 17.4 Å². The van der Waals surface area contributed by atoms with Gasteiger partial charge in [-0.05, 0) is 32.9 Å². The molecule has 0 unspecified atom stereocenters. The Morgan fingerprint density at radius 1 is 1.22 bits per heavy atom. The fraction of sp³-hybridized carbons (Fsp3) is 0.500. The Morgan fingerprint density at radius 3 is 2.67 bits per heavy atom. The first kappa shape index (κ1) is 11.3. The highest BCUT2D eigenvalue weighted by molar-refractivity contribution is 6.14. The third-order valence-electron chi connectivity index (χ3n) is 3.43. The molecule has 1 amide bonds. The molecule has 1 spiro atoms. The lowest BCUT2D eigenvalue weighted by molar-refractivity contribution is -0.124. The second-order valence-corrected chi connectivity index (χ2v) is 4.74. The standard InChI is InChI=1S/C12H15N5O/c1-8-6-15-9(7-14-8)10-16-11(18)12(17-10)2-4-13-5-3-12/h6-7,13H,2-5H2,1H3,(H,16,17,18). The molecule has 1 aromatic rings. The summed E-state index contributed by atoms with van der Waals surface area (Å²) in [6.07, 6.45) is 4.80. The van der Waals surface area contributed by atoms with Crippen molar-refractivity contribution in [3.63, 3.8) is 0 Å². The number of hydrogen-bond acceptors (Lipinski definition) is 5. The van der Waals surface area contributed by atoms with Crippen molar-refractivity contribution in [3.05, 3.63) is 23.8 Å². The highest BCUT2D eigenvalue weighted by Gasteiger charge is 2.44. The molecule has 6 heteroatoms. The van der Waals surface area contributed by atoms with Crippen molar-refractivity contribution in [2.45, 2.75) is 25.3 Å². The molecule has 2 N–H and O–H groups in total. The lowest BCUT2D eigenvalue weighted by atomic mass is 9.89. The maximum atomic E-state index is 12.1. The molecule has 0 saturated carbocycles. The van der Waals surface area contributed by atoms with Crippen LogP contribution in [0.5, 0.6) is 0 Å². The van der Waals surface area contributed by atoms with Gasteiger partial charge in [0.1, 0.15) is 11.2 Å². The highest BCUT2D eigenvalue weighted by atomic mass is 16.2. The maximum absolute atomic E-state index is 12.1. The van der Waals surface area contributed by atoms with Crippen LogP contribution in [-0.2, 0) is 4.79 Å². The fourth-order valence-electron chi connectivity index (χ4n) is 2.33. The van der Waals surface area contributed by atoms with Crippen LogP contribution < -0.4 is 10.6 Å². The normalized spacial score (nSPS) is 21.8. The number of rotatable bonds is 1. The second kappa shape index (κ2) is 4.13. The first-order valence-electron chi connectivity index (χ1n) is 6.11. The Labute approximate surface area is 105 Å². The van der Waals surface area contributed by atoms with Gasteiger partial charge in [0.2, 0.25) is 0 Å². The average Bonchev–Trinajstić information content (AvgIpc) is 2.69. The molecule has 3 heterocycles. The predicted octanol–water partition coefficient (Wildman–Crippen LogP) is -0.216. The third-order valence-corrected chi connectivity index (χ3v) is 3.43. The number of aliphatic imine (C=N–C) groups is 1. The molecule has 0 atom stereocenters. The van der Waals surface area contributed by atoms with E-state index in [-0.39, 0.29) is 5.91 Å². The first-order chi connectivity index (χ1) is 8.70. The summed E-state index contributed by atoms with van der Waals surface area (Å²) in [5, 5.41) is 6.07. The Balaban J connectivity index is 1.92. The van der Waals surface area contributed by atoms with Crippen molar-refractivity contribution in [1.82, 2.24) is 20.6 Å². The Bertz CT molecular complexity index is 502. The number of amides is 1. The second-order valence-electron chi connectivity index (χ2n) is 4.74. The molecule has 0 radical (unpaired) electrons. The lowest BCUT2D eigenvalue weighted by Crippen LogP contribution is -2.47. The van der Waals surface area contributed by atoms with Crippen LogP contribution in [0, 0.1) is 6.92 Å². The van der Waals surface area contributed by atoms with Gasteiger partial charge in [0.05, 0.1) is 11.9 Å². The summed E-state index contributed by atoms with van der Waals surface area (Å²) in [7, 11) is 0. The van der Waals surface area contributed by atoms with Gasteiger partial charge >= 0.3 is 0 Å². The number of amidine groups is 1. The first-order valence-corrected chi connectivity index (χ1v) is 6.11. The monoisotopic (exact) mass is 245 g/mol. The van der Waals surface area contributed by atoms with E-state index in [1.807, 2.05) is 6.92 Å². The van der Waals surface area contributed by atoms with E-state index in [2.05, 4.69) is 25.6 Å².